The number of aromatic nitrogens is 1. The highest BCUT2D eigenvalue weighted by Crippen LogP contribution is 2.37. The number of nitriles is 1. The van der Waals surface area contributed by atoms with E-state index < -0.39 is 5.54 Å². The lowest BCUT2D eigenvalue weighted by Crippen LogP contribution is -2.47. The Morgan fingerprint density at radius 1 is 1.19 bits per heavy atom. The quantitative estimate of drug-likeness (QED) is 0.457. The molecule has 1 N–H and O–H groups in total. The molecule has 138 valence electrons. The van der Waals surface area contributed by atoms with Crippen LogP contribution in [0.1, 0.15) is 43.4 Å². The third kappa shape index (κ3) is 4.66. The molecular formula is C21H19Br2N3O. The average molecular weight is 489 g/mol. The number of halogens is 2. The Morgan fingerprint density at radius 3 is 2.52 bits per heavy atom. The fourth-order valence-electron chi connectivity index (χ4n) is 3.50. The number of amides is 1. The first-order chi connectivity index (χ1) is 13.0. The molecule has 1 saturated carbocycles. The first kappa shape index (κ1) is 19.8. The van der Waals surface area contributed by atoms with E-state index in [-0.39, 0.29) is 11.5 Å². The zero-order chi connectivity index (χ0) is 19.3. The number of hydrogen-bond donors (Lipinski definition) is 1. The largest absolute Gasteiger partial charge is 0.342 e. The van der Waals surface area contributed by atoms with Crippen LogP contribution in [0, 0.1) is 11.3 Å². The van der Waals surface area contributed by atoms with Crippen molar-refractivity contribution >= 4 is 43.8 Å². The second kappa shape index (κ2) is 8.81. The molecule has 27 heavy (non-hydrogen) atoms. The first-order valence-corrected chi connectivity index (χ1v) is 10.4. The van der Waals surface area contributed by atoms with E-state index in [1.807, 2.05) is 42.5 Å². The van der Waals surface area contributed by atoms with E-state index in [0.29, 0.717) is 10.2 Å². The summed E-state index contributed by atoms with van der Waals surface area (Å²) in [7, 11) is 0. The molecule has 1 fully saturated rings. The Kier molecular flexibility index (Phi) is 6.46. The predicted octanol–water partition coefficient (Wildman–Crippen LogP) is 5.49. The van der Waals surface area contributed by atoms with Gasteiger partial charge >= 0.3 is 0 Å². The third-order valence-corrected chi connectivity index (χ3v) is 5.94. The summed E-state index contributed by atoms with van der Waals surface area (Å²) in [6.07, 6.45) is 8.19. The van der Waals surface area contributed by atoms with Crippen LogP contribution in [0.4, 0.5) is 0 Å². The minimum absolute atomic E-state index is 0.0476. The monoisotopic (exact) mass is 487 g/mol. The van der Waals surface area contributed by atoms with Gasteiger partial charge in [0.15, 0.2) is 0 Å². The summed E-state index contributed by atoms with van der Waals surface area (Å²) in [5.41, 5.74) is 1.27. The van der Waals surface area contributed by atoms with Crippen LogP contribution in [0.3, 0.4) is 0 Å². The van der Waals surface area contributed by atoms with Gasteiger partial charge in [-0.1, -0.05) is 49.6 Å². The topological polar surface area (TPSA) is 65.8 Å². The lowest BCUT2D eigenvalue weighted by Gasteiger charge is -2.38. The average Bonchev–Trinajstić information content (AvgIpc) is 2.69. The summed E-state index contributed by atoms with van der Waals surface area (Å²) in [5, 5.41) is 12.7. The number of hydrogen-bond acceptors (Lipinski definition) is 3. The van der Waals surface area contributed by atoms with Gasteiger partial charge in [-0.15, -0.1) is 0 Å². The number of carbonyl (C=O) groups is 1. The molecule has 1 amide bonds. The molecule has 0 radical (unpaired) electrons. The van der Waals surface area contributed by atoms with Crippen LogP contribution in [-0.2, 0) is 10.3 Å². The van der Waals surface area contributed by atoms with E-state index in [1.165, 1.54) is 12.5 Å². The van der Waals surface area contributed by atoms with Gasteiger partial charge in [0.25, 0.3) is 5.91 Å². The molecule has 0 unspecified atom stereocenters. The summed E-state index contributed by atoms with van der Waals surface area (Å²) in [5.74, 6) is -0.361. The highest BCUT2D eigenvalue weighted by atomic mass is 79.9. The van der Waals surface area contributed by atoms with E-state index in [1.54, 1.807) is 6.20 Å². The normalized spacial score (nSPS) is 16.4. The van der Waals surface area contributed by atoms with Gasteiger partial charge in [-0.3, -0.25) is 9.78 Å². The standard InChI is InChI=1S/C21H19Br2N3O/c22-17-12-18(23)19(25-14-17)11-15(13-24)20(27)26-21(9-5-2-6-10-21)16-7-3-1-4-8-16/h1,3-4,7-8,11-12,14H,2,5-6,9-10H2,(H,26,27). The maximum absolute atomic E-state index is 12.9. The Bertz CT molecular complexity index is 897. The molecule has 6 heteroatoms. The zero-order valence-corrected chi connectivity index (χ0v) is 17.9. The lowest BCUT2D eigenvalue weighted by molar-refractivity contribution is -0.119. The number of benzene rings is 1. The lowest BCUT2D eigenvalue weighted by atomic mass is 9.76. The summed E-state index contributed by atoms with van der Waals surface area (Å²) in [4.78, 5) is 17.2. The molecule has 1 heterocycles. The minimum Gasteiger partial charge on any atom is -0.342 e. The van der Waals surface area contributed by atoms with Crippen molar-refractivity contribution in [3.8, 4) is 6.07 Å². The molecule has 1 aliphatic rings. The molecule has 1 aromatic carbocycles. The van der Waals surface area contributed by atoms with Gasteiger partial charge in [0.1, 0.15) is 11.6 Å². The maximum Gasteiger partial charge on any atom is 0.262 e. The molecule has 0 spiro atoms. The van der Waals surface area contributed by atoms with E-state index in [4.69, 9.17) is 0 Å². The number of nitrogens with zero attached hydrogens (tertiary/aromatic N) is 2. The molecule has 0 bridgehead atoms. The van der Waals surface area contributed by atoms with Gasteiger partial charge in [-0.05, 0) is 62.4 Å². The van der Waals surface area contributed by atoms with Crippen molar-refractivity contribution in [3.63, 3.8) is 0 Å². The SMILES string of the molecule is N#CC(=Cc1ncc(Br)cc1Br)C(=O)NC1(c2ccccc2)CCCCC1. The van der Waals surface area contributed by atoms with E-state index in [0.717, 1.165) is 35.7 Å². The Balaban J connectivity index is 1.90. The molecule has 1 aromatic heterocycles. The molecular weight excluding hydrogens is 470 g/mol. The fourth-order valence-corrected chi connectivity index (χ4v) is 4.60. The molecule has 1 aliphatic carbocycles. The van der Waals surface area contributed by atoms with Crippen LogP contribution >= 0.6 is 31.9 Å². The van der Waals surface area contributed by atoms with Gasteiger partial charge in [0.05, 0.1) is 11.2 Å². The van der Waals surface area contributed by atoms with Crippen LogP contribution in [0.2, 0.25) is 0 Å². The maximum atomic E-state index is 12.9. The Labute approximate surface area is 176 Å². The van der Waals surface area contributed by atoms with Gasteiger partial charge in [-0.2, -0.15) is 5.26 Å². The summed E-state index contributed by atoms with van der Waals surface area (Å²) < 4.78 is 1.53. The summed E-state index contributed by atoms with van der Waals surface area (Å²) >= 11 is 6.77. The molecule has 2 aromatic rings. The third-order valence-electron chi connectivity index (χ3n) is 4.87. The molecule has 0 saturated heterocycles. The van der Waals surface area contributed by atoms with Crippen molar-refractivity contribution in [1.29, 1.82) is 5.26 Å². The summed E-state index contributed by atoms with van der Waals surface area (Å²) in [6.45, 7) is 0. The molecule has 3 rings (SSSR count). The second-order valence-corrected chi connectivity index (χ2v) is 8.42. The smallest absolute Gasteiger partial charge is 0.262 e. The number of pyridine rings is 1. The Hall–Kier alpha value is -1.97. The van der Waals surface area contributed by atoms with Crippen molar-refractivity contribution in [3.05, 3.63) is 68.4 Å². The van der Waals surface area contributed by atoms with Crippen LogP contribution in [0.25, 0.3) is 6.08 Å². The van der Waals surface area contributed by atoms with Crippen molar-refractivity contribution in [2.24, 2.45) is 0 Å². The molecule has 4 nitrogen and oxygen atoms in total. The zero-order valence-electron chi connectivity index (χ0n) is 14.7. The minimum atomic E-state index is -0.420. The van der Waals surface area contributed by atoms with Gasteiger partial charge in [0.2, 0.25) is 0 Å². The summed E-state index contributed by atoms with van der Waals surface area (Å²) in [6, 6.07) is 13.9. The van der Waals surface area contributed by atoms with E-state index in [9.17, 15) is 10.1 Å². The van der Waals surface area contributed by atoms with Crippen molar-refractivity contribution in [1.82, 2.24) is 10.3 Å². The van der Waals surface area contributed by atoms with Gasteiger partial charge < -0.3 is 5.32 Å². The van der Waals surface area contributed by atoms with Crippen LogP contribution in [0.5, 0.6) is 0 Å². The highest BCUT2D eigenvalue weighted by Gasteiger charge is 2.35. The fraction of sp³-hybridized carbons (Fsp3) is 0.286. The highest BCUT2D eigenvalue weighted by molar-refractivity contribution is 9.11. The van der Waals surface area contributed by atoms with Gasteiger partial charge in [0, 0.05) is 15.1 Å². The number of nitrogens with one attached hydrogen (secondary N) is 1. The Morgan fingerprint density at radius 2 is 1.89 bits per heavy atom. The predicted molar refractivity (Wildman–Crippen MR) is 113 cm³/mol. The number of carbonyl (C=O) groups excluding carboxylic acids is 1. The van der Waals surface area contributed by atoms with Crippen LogP contribution in [0.15, 0.2) is 57.1 Å². The van der Waals surface area contributed by atoms with Crippen molar-refractivity contribution in [2.45, 2.75) is 37.6 Å². The van der Waals surface area contributed by atoms with Crippen LogP contribution < -0.4 is 5.32 Å². The van der Waals surface area contributed by atoms with Crippen molar-refractivity contribution < 1.29 is 4.79 Å². The number of rotatable bonds is 4. The van der Waals surface area contributed by atoms with E-state index >= 15 is 0 Å². The second-order valence-electron chi connectivity index (χ2n) is 6.65. The first-order valence-electron chi connectivity index (χ1n) is 8.85. The molecule has 0 atom stereocenters. The van der Waals surface area contributed by atoms with E-state index in [2.05, 4.69) is 42.2 Å². The van der Waals surface area contributed by atoms with Crippen molar-refractivity contribution in [2.75, 3.05) is 0 Å². The molecule has 0 aliphatic heterocycles. The van der Waals surface area contributed by atoms with Gasteiger partial charge in [-0.25, -0.2) is 0 Å². The van der Waals surface area contributed by atoms with Crippen LogP contribution in [-0.4, -0.2) is 10.9 Å².